The van der Waals surface area contributed by atoms with Gasteiger partial charge in [-0.2, -0.15) is 5.10 Å². The van der Waals surface area contributed by atoms with E-state index < -0.39 is 0 Å². The van der Waals surface area contributed by atoms with Gasteiger partial charge < -0.3 is 4.90 Å². The summed E-state index contributed by atoms with van der Waals surface area (Å²) >= 11 is 0. The Hall–Kier alpha value is -2.21. The summed E-state index contributed by atoms with van der Waals surface area (Å²) < 4.78 is 15.5. The zero-order valence-electron chi connectivity index (χ0n) is 14.3. The summed E-state index contributed by atoms with van der Waals surface area (Å²) in [5.74, 6) is 0.0803. The highest BCUT2D eigenvalue weighted by Gasteiger charge is 2.27. The van der Waals surface area contributed by atoms with Crippen LogP contribution in [0.2, 0.25) is 0 Å². The van der Waals surface area contributed by atoms with Gasteiger partial charge in [0.05, 0.1) is 11.7 Å². The molecule has 4 rings (SSSR count). The smallest absolute Gasteiger partial charge is 0.222 e. The van der Waals surface area contributed by atoms with Crippen molar-refractivity contribution in [3.8, 4) is 0 Å². The van der Waals surface area contributed by atoms with Gasteiger partial charge in [0, 0.05) is 45.3 Å². The number of benzene rings is 1. The van der Waals surface area contributed by atoms with Crippen molar-refractivity contribution in [1.29, 1.82) is 0 Å². The van der Waals surface area contributed by atoms with Crippen LogP contribution in [-0.2, 0) is 17.9 Å². The minimum atomic E-state index is -0.191. The molecule has 0 N–H and O–H groups in total. The van der Waals surface area contributed by atoms with Gasteiger partial charge in [0.25, 0.3) is 0 Å². The first-order valence-corrected chi connectivity index (χ1v) is 8.96. The second-order valence-electron chi connectivity index (χ2n) is 6.99. The monoisotopic (exact) mass is 342 g/mol. The molecule has 2 aliphatic rings. The molecular weight excluding hydrogens is 319 g/mol. The van der Waals surface area contributed by atoms with E-state index in [1.807, 2.05) is 23.2 Å². The molecule has 6 heteroatoms. The highest BCUT2D eigenvalue weighted by molar-refractivity contribution is 5.77. The van der Waals surface area contributed by atoms with Crippen molar-refractivity contribution >= 4 is 5.91 Å². The summed E-state index contributed by atoms with van der Waals surface area (Å²) in [7, 11) is 0. The Kier molecular flexibility index (Phi) is 4.53. The third-order valence-corrected chi connectivity index (χ3v) is 5.15. The summed E-state index contributed by atoms with van der Waals surface area (Å²) in [6.45, 7) is 4.08. The van der Waals surface area contributed by atoms with Crippen LogP contribution in [-0.4, -0.2) is 45.1 Å². The van der Waals surface area contributed by atoms with E-state index in [1.165, 1.54) is 11.8 Å². The minimum Gasteiger partial charge on any atom is -0.343 e. The Balaban J connectivity index is 1.44. The molecule has 2 aliphatic heterocycles. The molecule has 1 fully saturated rings. The van der Waals surface area contributed by atoms with Crippen LogP contribution in [0.3, 0.4) is 0 Å². The van der Waals surface area contributed by atoms with E-state index >= 15 is 0 Å². The van der Waals surface area contributed by atoms with Crippen molar-refractivity contribution in [3.05, 3.63) is 53.6 Å². The van der Waals surface area contributed by atoms with Crippen molar-refractivity contribution in [1.82, 2.24) is 19.6 Å². The van der Waals surface area contributed by atoms with Crippen LogP contribution < -0.4 is 0 Å². The topological polar surface area (TPSA) is 41.4 Å². The third-order valence-electron chi connectivity index (χ3n) is 5.15. The first-order valence-electron chi connectivity index (χ1n) is 8.96. The van der Waals surface area contributed by atoms with Crippen LogP contribution in [0.5, 0.6) is 0 Å². The van der Waals surface area contributed by atoms with E-state index in [-0.39, 0.29) is 17.8 Å². The largest absolute Gasteiger partial charge is 0.343 e. The van der Waals surface area contributed by atoms with Gasteiger partial charge in [-0.25, -0.2) is 4.39 Å². The molecule has 3 heterocycles. The van der Waals surface area contributed by atoms with Gasteiger partial charge >= 0.3 is 0 Å². The number of aromatic nitrogens is 2. The van der Waals surface area contributed by atoms with E-state index in [9.17, 15) is 9.18 Å². The standard InChI is InChI=1S/C19H23FN4O/c20-16-4-1-3-15(11-16)12-22-13-17-6-8-21-24(17)18(14-22)7-10-23-9-2-5-19(23)25/h1,3-4,6,8,11,18H,2,5,7,9-10,12-14H2/t18-/m1/s1. The van der Waals surface area contributed by atoms with Crippen molar-refractivity contribution < 1.29 is 9.18 Å². The summed E-state index contributed by atoms with van der Waals surface area (Å²) in [4.78, 5) is 16.1. The lowest BCUT2D eigenvalue weighted by Crippen LogP contribution is -2.39. The maximum Gasteiger partial charge on any atom is 0.222 e. The number of carbonyl (C=O) groups excluding carboxylic acids is 1. The quantitative estimate of drug-likeness (QED) is 0.839. The Morgan fingerprint density at radius 1 is 1.28 bits per heavy atom. The van der Waals surface area contributed by atoms with Crippen LogP contribution in [0.4, 0.5) is 4.39 Å². The number of amides is 1. The van der Waals surface area contributed by atoms with Gasteiger partial charge in [-0.05, 0) is 36.6 Å². The first-order chi connectivity index (χ1) is 12.2. The number of carbonyl (C=O) groups is 1. The molecule has 1 amide bonds. The van der Waals surface area contributed by atoms with Crippen LogP contribution in [0.15, 0.2) is 36.5 Å². The molecule has 0 spiro atoms. The lowest BCUT2D eigenvalue weighted by atomic mass is 10.1. The molecule has 0 aliphatic carbocycles. The summed E-state index contributed by atoms with van der Waals surface area (Å²) in [5.41, 5.74) is 2.17. The molecule has 1 atom stereocenters. The highest BCUT2D eigenvalue weighted by Crippen LogP contribution is 2.25. The Morgan fingerprint density at radius 3 is 3.00 bits per heavy atom. The Morgan fingerprint density at radius 2 is 2.20 bits per heavy atom. The van der Waals surface area contributed by atoms with Crippen molar-refractivity contribution in [2.24, 2.45) is 0 Å². The normalized spacial score (nSPS) is 20.9. The first kappa shape index (κ1) is 16.3. The van der Waals surface area contributed by atoms with E-state index in [0.717, 1.165) is 51.1 Å². The molecule has 2 aromatic rings. The Labute approximate surface area is 147 Å². The van der Waals surface area contributed by atoms with Gasteiger partial charge in [-0.3, -0.25) is 14.4 Å². The lowest BCUT2D eigenvalue weighted by Gasteiger charge is -2.34. The maximum atomic E-state index is 13.4. The van der Waals surface area contributed by atoms with Crippen molar-refractivity contribution in [2.75, 3.05) is 19.6 Å². The summed E-state index contributed by atoms with van der Waals surface area (Å²) in [5, 5.41) is 4.48. The maximum absolute atomic E-state index is 13.4. The molecule has 0 unspecified atom stereocenters. The van der Waals surface area contributed by atoms with E-state index in [2.05, 4.69) is 14.7 Å². The number of halogens is 1. The van der Waals surface area contributed by atoms with E-state index in [0.29, 0.717) is 6.42 Å². The molecule has 132 valence electrons. The summed E-state index contributed by atoms with van der Waals surface area (Å²) in [6, 6.07) is 9.10. The number of likely N-dealkylation sites (tertiary alicyclic amines) is 1. The SMILES string of the molecule is O=C1CCCN1CC[C@@H]1CN(Cc2cccc(F)c2)Cc2ccnn21. The van der Waals surface area contributed by atoms with Crippen LogP contribution in [0, 0.1) is 5.82 Å². The molecular formula is C19H23FN4O. The second kappa shape index (κ2) is 6.96. The number of nitrogens with zero attached hydrogens (tertiary/aromatic N) is 4. The fourth-order valence-corrected chi connectivity index (χ4v) is 3.94. The molecule has 5 nitrogen and oxygen atoms in total. The van der Waals surface area contributed by atoms with Crippen LogP contribution in [0.1, 0.15) is 36.6 Å². The molecule has 0 saturated carbocycles. The average molecular weight is 342 g/mol. The number of fused-ring (bicyclic) bond motifs is 1. The zero-order valence-corrected chi connectivity index (χ0v) is 14.3. The van der Waals surface area contributed by atoms with E-state index in [1.54, 1.807) is 12.1 Å². The van der Waals surface area contributed by atoms with Crippen molar-refractivity contribution in [3.63, 3.8) is 0 Å². The highest BCUT2D eigenvalue weighted by atomic mass is 19.1. The lowest BCUT2D eigenvalue weighted by molar-refractivity contribution is -0.127. The molecule has 1 aromatic heterocycles. The number of hydrogen-bond donors (Lipinski definition) is 0. The molecule has 25 heavy (non-hydrogen) atoms. The van der Waals surface area contributed by atoms with Gasteiger partial charge in [0.2, 0.25) is 5.91 Å². The summed E-state index contributed by atoms with van der Waals surface area (Å²) in [6.07, 6.45) is 4.40. The molecule has 1 saturated heterocycles. The van der Waals surface area contributed by atoms with Gasteiger partial charge in [-0.15, -0.1) is 0 Å². The Bertz CT molecular complexity index is 759. The van der Waals surface area contributed by atoms with Crippen LogP contribution in [0.25, 0.3) is 0 Å². The predicted molar refractivity (Wildman–Crippen MR) is 92.2 cm³/mol. The average Bonchev–Trinajstić information content (AvgIpc) is 3.21. The third kappa shape index (κ3) is 3.58. The number of hydrogen-bond acceptors (Lipinski definition) is 3. The predicted octanol–water partition coefficient (Wildman–Crippen LogP) is 2.59. The van der Waals surface area contributed by atoms with Gasteiger partial charge in [0.15, 0.2) is 0 Å². The van der Waals surface area contributed by atoms with Gasteiger partial charge in [-0.1, -0.05) is 12.1 Å². The number of rotatable bonds is 5. The fourth-order valence-electron chi connectivity index (χ4n) is 3.94. The van der Waals surface area contributed by atoms with Crippen LogP contribution >= 0.6 is 0 Å². The molecule has 0 bridgehead atoms. The molecule has 1 aromatic carbocycles. The fraction of sp³-hybridized carbons (Fsp3) is 0.474. The second-order valence-corrected chi connectivity index (χ2v) is 6.99. The van der Waals surface area contributed by atoms with E-state index in [4.69, 9.17) is 0 Å². The van der Waals surface area contributed by atoms with Crippen molar-refractivity contribution in [2.45, 2.75) is 38.4 Å². The zero-order chi connectivity index (χ0) is 17.2. The molecule has 0 radical (unpaired) electrons. The van der Waals surface area contributed by atoms with Gasteiger partial charge in [0.1, 0.15) is 5.82 Å². The minimum absolute atomic E-state index is 0.191.